The molecule has 1 aliphatic carbocycles. The second-order valence-electron chi connectivity index (χ2n) is 16.1. The Morgan fingerprint density at radius 3 is 1.19 bits per heavy atom. The van der Waals surface area contributed by atoms with Crippen molar-refractivity contribution >= 4 is 14.4 Å². The Morgan fingerprint density at radius 1 is 0.547 bits per heavy atom. The fourth-order valence-corrected chi connectivity index (χ4v) is 46.2. The summed E-state index contributed by atoms with van der Waals surface area (Å²) in [6, 6.07) is 29.0. The molecule has 0 aromatic heterocycles. The summed E-state index contributed by atoms with van der Waals surface area (Å²) in [6.07, 6.45) is 8.33. The van der Waals surface area contributed by atoms with Gasteiger partial charge < -0.3 is 0 Å². The number of fused-ring (bicyclic) bond motifs is 1. The summed E-state index contributed by atoms with van der Waals surface area (Å²) in [5, 5.41) is 24.5. The second kappa shape index (κ2) is 21.2. The first kappa shape index (κ1) is 43.5. The molecule has 2 unspecified atom stereocenters. The number of hydrogen-bond donors (Lipinski definition) is 2. The normalized spacial score (nSPS) is 19.6. The van der Waals surface area contributed by atoms with Crippen LogP contribution in [0.25, 0.3) is 0 Å². The molecule has 0 spiro atoms. The van der Waals surface area contributed by atoms with Gasteiger partial charge in [0.15, 0.2) is 0 Å². The molecule has 288 valence electrons. The van der Waals surface area contributed by atoms with E-state index in [-0.39, 0.29) is 0 Å². The second-order valence-corrected chi connectivity index (χ2v) is 37.0. The zero-order valence-electron chi connectivity index (χ0n) is 33.8. The van der Waals surface area contributed by atoms with Crippen molar-refractivity contribution in [2.75, 3.05) is 0 Å². The molecule has 6 rings (SSSR count). The van der Waals surface area contributed by atoms with E-state index < -0.39 is 18.9 Å². The molecule has 53 heavy (non-hydrogen) atoms. The molecular formula is C48H66HfO2S2-2. The Morgan fingerprint density at radius 2 is 0.906 bits per heavy atom. The third-order valence-corrected chi connectivity index (χ3v) is 39.7. The monoisotopic (exact) mass is 918 g/mol. The molecule has 1 aliphatic heterocycles. The van der Waals surface area contributed by atoms with Crippen molar-refractivity contribution in [2.24, 2.45) is 0 Å². The van der Waals surface area contributed by atoms with Crippen molar-refractivity contribution in [1.82, 2.24) is 0 Å². The Bertz CT molecular complexity index is 1690. The van der Waals surface area contributed by atoms with Crippen molar-refractivity contribution in [3.63, 3.8) is 0 Å². The molecular weight excluding hydrogens is 851 g/mol. The van der Waals surface area contributed by atoms with Crippen LogP contribution in [0.3, 0.4) is 0 Å². The standard InChI is InChI=1S/C34H52O2S2.2C7H7.Hf/c1-21(2)25-15-27(33(35)29(17-25)23(5)6)19-37-31-13-11-9-10-12-14-32(31)38-20-28-16-26(22(3)4)18-30(24(7)8)34(28)36;2*1-7-5-3-2-4-6-7;/h15-18,21-24,31-32,35-36H,9-14,19-20H2,1-8H3;2*2-6H,1H2;/q;2*-1;/t31-,32?;;;/m0.../s1. The smallest absolute Gasteiger partial charge is 0.0866 e. The van der Waals surface area contributed by atoms with Crippen LogP contribution in [-0.4, -0.2) is 20.7 Å². The van der Waals surface area contributed by atoms with Crippen molar-refractivity contribution in [3.05, 3.63) is 143 Å². The molecule has 0 saturated heterocycles. The maximum absolute atomic E-state index is 11.4. The number of benzene rings is 4. The van der Waals surface area contributed by atoms with Gasteiger partial charge in [0, 0.05) is 0 Å². The van der Waals surface area contributed by atoms with Crippen LogP contribution in [0.5, 0.6) is 11.5 Å². The molecule has 1 fully saturated rings. The average Bonchev–Trinajstić information content (AvgIpc) is 3.40. The van der Waals surface area contributed by atoms with Crippen LogP contribution < -0.4 is 0 Å². The quantitative estimate of drug-likeness (QED) is 0.137. The molecule has 0 radical (unpaired) electrons. The Kier molecular flexibility index (Phi) is 17.4. The summed E-state index contributed by atoms with van der Waals surface area (Å²) >= 11 is -0.995. The molecule has 5 heteroatoms. The summed E-state index contributed by atoms with van der Waals surface area (Å²) in [6.45, 7) is 25.4. The van der Waals surface area contributed by atoms with E-state index in [1.807, 2.05) is 60.7 Å². The van der Waals surface area contributed by atoms with Gasteiger partial charge in [0.1, 0.15) is 0 Å². The van der Waals surface area contributed by atoms with E-state index in [4.69, 9.17) is 0 Å². The number of phenolic OH excluding ortho intramolecular Hbond substituents is 2. The van der Waals surface area contributed by atoms with E-state index in [1.54, 1.807) is 0 Å². The van der Waals surface area contributed by atoms with Gasteiger partial charge in [0.25, 0.3) is 0 Å². The third-order valence-electron chi connectivity index (χ3n) is 10.5. The van der Waals surface area contributed by atoms with Gasteiger partial charge in [-0.25, -0.2) is 0 Å². The number of hydrogen-bond acceptors (Lipinski definition) is 2. The van der Waals surface area contributed by atoms with Gasteiger partial charge in [-0.1, -0.05) is 12.1 Å². The number of aromatic hydroxyl groups is 2. The fraction of sp³-hybridized carbons (Fsp3) is 0.458. The molecule has 4 atom stereocenters. The zero-order chi connectivity index (χ0) is 38.7. The predicted octanol–water partition coefficient (Wildman–Crippen LogP) is 14.6. The average molecular weight is 918 g/mol. The van der Waals surface area contributed by atoms with Gasteiger partial charge in [-0.15, -0.1) is 24.3 Å². The van der Waals surface area contributed by atoms with Gasteiger partial charge in [-0.3, -0.25) is 0 Å². The van der Waals surface area contributed by atoms with Crippen LogP contribution in [-0.2, 0) is 30.4 Å². The Balaban J connectivity index is 0.000000370. The minimum Gasteiger partial charge on any atom is -0.199 e. The third kappa shape index (κ3) is 12.7. The maximum Gasteiger partial charge on any atom is -0.0866 e. The first-order valence-electron chi connectivity index (χ1n) is 19.9. The van der Waals surface area contributed by atoms with Crippen molar-refractivity contribution < 1.29 is 29.1 Å². The van der Waals surface area contributed by atoms with Gasteiger partial charge in [0.05, 0.1) is 0 Å². The van der Waals surface area contributed by atoms with E-state index in [2.05, 4.69) is 93.5 Å². The van der Waals surface area contributed by atoms with Crippen LogP contribution >= 0.6 is 14.4 Å². The Hall–Kier alpha value is -2.21. The molecule has 1 heterocycles. The molecule has 4 aromatic carbocycles. The zero-order valence-corrected chi connectivity index (χ0v) is 39.1. The summed E-state index contributed by atoms with van der Waals surface area (Å²) in [5.41, 5.74) is 9.65. The minimum absolute atomic E-state index is 0.339. The van der Waals surface area contributed by atoms with Crippen molar-refractivity contribution in [3.8, 4) is 11.5 Å². The molecule has 0 amide bonds. The maximum atomic E-state index is 11.4. The van der Waals surface area contributed by atoms with Gasteiger partial charge in [-0.2, -0.15) is 49.2 Å². The summed E-state index contributed by atoms with van der Waals surface area (Å²) < 4.78 is 0. The topological polar surface area (TPSA) is 40.5 Å². The van der Waals surface area contributed by atoms with Gasteiger partial charge in [0.2, 0.25) is 0 Å². The molecule has 0 bridgehead atoms. The first-order valence-corrected chi connectivity index (χ1v) is 31.6. The van der Waals surface area contributed by atoms with Crippen LogP contribution in [0.4, 0.5) is 0 Å². The van der Waals surface area contributed by atoms with Crippen molar-refractivity contribution in [2.45, 2.75) is 140 Å². The van der Waals surface area contributed by atoms with E-state index in [1.165, 1.54) is 60.8 Å². The SMILES string of the molecule is CC(C)c1cc(C[S]2=[Hf]=[S@@](Cc3cc(C(C)C)cc(C(C)C)c3O)C3CCCCCC[C@@H]32)c(O)c(C(C)C)c1.[CH2-]c1ccccc1.[CH2-]c1ccccc1. The van der Waals surface area contributed by atoms with E-state index >= 15 is 0 Å². The van der Waals surface area contributed by atoms with Crippen LogP contribution in [0.2, 0.25) is 0 Å². The van der Waals surface area contributed by atoms with Crippen LogP contribution in [0.15, 0.2) is 84.9 Å². The predicted molar refractivity (Wildman–Crippen MR) is 232 cm³/mol. The molecule has 2 nitrogen and oxygen atoms in total. The minimum atomic E-state index is -0.995. The summed E-state index contributed by atoms with van der Waals surface area (Å²) in [5.74, 6) is 5.02. The summed E-state index contributed by atoms with van der Waals surface area (Å²) in [4.78, 5) is 0. The first-order chi connectivity index (χ1) is 25.3. The fourth-order valence-electron chi connectivity index (χ4n) is 7.15. The van der Waals surface area contributed by atoms with Gasteiger partial charge >= 0.3 is 252 Å². The van der Waals surface area contributed by atoms with E-state index in [0.29, 0.717) is 49.6 Å². The molecule has 2 aliphatic rings. The summed E-state index contributed by atoms with van der Waals surface area (Å²) in [7, 11) is 0.919. The van der Waals surface area contributed by atoms with Crippen molar-refractivity contribution in [1.29, 1.82) is 0 Å². The van der Waals surface area contributed by atoms with Crippen LogP contribution in [0, 0.1) is 13.8 Å². The Labute approximate surface area is 335 Å². The van der Waals surface area contributed by atoms with Crippen LogP contribution in [0.1, 0.15) is 162 Å². The van der Waals surface area contributed by atoms with Gasteiger partial charge in [-0.05, 0) is 0 Å². The largest absolute Gasteiger partial charge is 0.199 e. The number of phenols is 2. The van der Waals surface area contributed by atoms with E-state index in [0.717, 1.165) is 44.3 Å². The molecule has 1 saturated carbocycles. The molecule has 2 N–H and O–H groups in total. The van der Waals surface area contributed by atoms with E-state index in [9.17, 15) is 10.2 Å². The number of rotatable bonds is 8. The molecule has 4 aromatic rings.